The van der Waals surface area contributed by atoms with E-state index < -0.39 is 0 Å². The Morgan fingerprint density at radius 2 is 1.88 bits per heavy atom. The molecule has 1 aliphatic carbocycles. The van der Waals surface area contributed by atoms with Crippen LogP contribution < -0.4 is 5.32 Å². The van der Waals surface area contributed by atoms with Gasteiger partial charge < -0.3 is 5.32 Å². The van der Waals surface area contributed by atoms with E-state index in [-0.39, 0.29) is 0 Å². The van der Waals surface area contributed by atoms with Gasteiger partial charge in [-0.3, -0.25) is 0 Å². The number of benzene rings is 1. The molecule has 1 N–H and O–H groups in total. The average Bonchev–Trinajstić information content (AvgIpc) is 2.69. The minimum Gasteiger partial charge on any atom is -0.312 e. The van der Waals surface area contributed by atoms with Crippen molar-refractivity contribution in [2.24, 2.45) is 5.92 Å². The van der Waals surface area contributed by atoms with Gasteiger partial charge in [0, 0.05) is 27.5 Å². The fraction of sp³-hybridized carbons (Fsp3) is 0.538. The smallest absolute Gasteiger partial charge is 0.0465 e. The lowest BCUT2D eigenvalue weighted by molar-refractivity contribution is 0.490. The van der Waals surface area contributed by atoms with Crippen LogP contribution in [-0.4, -0.2) is 11.9 Å². The maximum absolute atomic E-state index is 6.10. The van der Waals surface area contributed by atoms with Gasteiger partial charge in [0.15, 0.2) is 0 Å². The zero-order valence-corrected chi connectivity index (χ0v) is 11.8. The molecule has 0 aliphatic heterocycles. The average molecular weight is 293 g/mol. The summed E-state index contributed by atoms with van der Waals surface area (Å²) in [6.07, 6.45) is 3.48. The van der Waals surface area contributed by atoms with Crippen LogP contribution in [0.3, 0.4) is 0 Å². The molecule has 0 heterocycles. The first-order valence-electron chi connectivity index (χ1n) is 5.94. The fourth-order valence-corrected chi connectivity index (χ4v) is 3.21. The van der Waals surface area contributed by atoms with E-state index in [1.54, 1.807) is 0 Å². The van der Waals surface area contributed by atoms with Crippen molar-refractivity contribution in [3.8, 4) is 0 Å². The Bertz CT molecular complexity index is 361. The first-order valence-corrected chi connectivity index (χ1v) is 7.13. The molecule has 0 bridgehead atoms. The molecule has 1 aromatic rings. The van der Waals surface area contributed by atoms with Crippen molar-refractivity contribution in [1.29, 1.82) is 0 Å². The predicted octanol–water partition coefficient (Wildman–Crippen LogP) is 4.49. The summed E-state index contributed by atoms with van der Waals surface area (Å²) in [5.74, 6) is 0.693. The number of halogens is 3. The minimum atomic E-state index is 0.366. The molecular weight excluding hydrogens is 277 g/mol. The Morgan fingerprint density at radius 3 is 2.47 bits per heavy atom. The lowest BCUT2D eigenvalue weighted by Crippen LogP contribution is -2.21. The van der Waals surface area contributed by atoms with Crippen LogP contribution in [0.2, 0.25) is 10.0 Å². The molecule has 0 aromatic heterocycles. The van der Waals surface area contributed by atoms with Gasteiger partial charge in [-0.05, 0) is 43.9 Å². The van der Waals surface area contributed by atoms with Gasteiger partial charge in [0.2, 0.25) is 0 Å². The van der Waals surface area contributed by atoms with Gasteiger partial charge in [-0.15, -0.1) is 11.6 Å². The van der Waals surface area contributed by atoms with Gasteiger partial charge in [0.1, 0.15) is 0 Å². The summed E-state index contributed by atoms with van der Waals surface area (Å²) in [6, 6.07) is 5.60. The molecule has 2 rings (SSSR count). The number of rotatable bonds is 4. The lowest BCUT2D eigenvalue weighted by atomic mass is 10.1. The molecule has 2 atom stereocenters. The predicted molar refractivity (Wildman–Crippen MR) is 75.2 cm³/mol. The van der Waals surface area contributed by atoms with Crippen molar-refractivity contribution in [2.45, 2.75) is 31.2 Å². The third kappa shape index (κ3) is 3.75. The maximum Gasteiger partial charge on any atom is 0.0465 e. The van der Waals surface area contributed by atoms with Crippen molar-refractivity contribution < 1.29 is 0 Å². The van der Waals surface area contributed by atoms with Crippen molar-refractivity contribution in [3.05, 3.63) is 33.8 Å². The van der Waals surface area contributed by atoms with Crippen LogP contribution in [0.15, 0.2) is 18.2 Å². The topological polar surface area (TPSA) is 12.0 Å². The van der Waals surface area contributed by atoms with Crippen LogP contribution in [0, 0.1) is 5.92 Å². The van der Waals surface area contributed by atoms with E-state index >= 15 is 0 Å². The number of hydrogen-bond acceptors (Lipinski definition) is 1. The van der Waals surface area contributed by atoms with Gasteiger partial charge in [-0.2, -0.15) is 0 Å². The fourth-order valence-electron chi connectivity index (χ4n) is 2.30. The highest BCUT2D eigenvalue weighted by molar-refractivity contribution is 6.35. The van der Waals surface area contributed by atoms with E-state index in [2.05, 4.69) is 5.32 Å². The number of nitrogens with one attached hydrogen (secondary N) is 1. The standard InChI is InChI=1S/C13H16Cl3N/c14-10-5-4-9(6-10)7-17-8-11-12(15)2-1-3-13(11)16/h1-3,9-10,17H,4-8H2. The zero-order valence-electron chi connectivity index (χ0n) is 9.56. The van der Waals surface area contributed by atoms with E-state index in [1.165, 1.54) is 6.42 Å². The van der Waals surface area contributed by atoms with Crippen LogP contribution in [0.5, 0.6) is 0 Å². The quantitative estimate of drug-likeness (QED) is 0.806. The normalized spacial score (nSPS) is 24.2. The highest BCUT2D eigenvalue weighted by Crippen LogP contribution is 2.29. The van der Waals surface area contributed by atoms with Gasteiger partial charge in [-0.25, -0.2) is 0 Å². The molecule has 2 unspecified atom stereocenters. The monoisotopic (exact) mass is 291 g/mol. The Hall–Kier alpha value is 0.0500. The van der Waals surface area contributed by atoms with Crippen molar-refractivity contribution >= 4 is 34.8 Å². The van der Waals surface area contributed by atoms with Crippen LogP contribution in [0.25, 0.3) is 0 Å². The summed E-state index contributed by atoms with van der Waals surface area (Å²) >= 11 is 18.3. The van der Waals surface area contributed by atoms with E-state index in [9.17, 15) is 0 Å². The lowest BCUT2D eigenvalue weighted by Gasteiger charge is -2.12. The molecule has 1 aliphatic rings. The SMILES string of the molecule is Clc1cccc(Cl)c1CNCC1CCC(Cl)C1. The Labute approximate surface area is 117 Å². The molecule has 0 amide bonds. The summed E-state index contributed by atoms with van der Waals surface area (Å²) in [5.41, 5.74) is 0.983. The summed E-state index contributed by atoms with van der Waals surface area (Å²) in [4.78, 5) is 0. The molecule has 1 aromatic carbocycles. The van der Waals surface area contributed by atoms with Crippen LogP contribution >= 0.6 is 34.8 Å². The van der Waals surface area contributed by atoms with Crippen LogP contribution in [0.4, 0.5) is 0 Å². The van der Waals surface area contributed by atoms with Gasteiger partial charge in [-0.1, -0.05) is 29.3 Å². The molecular formula is C13H16Cl3N. The molecule has 0 saturated heterocycles. The first kappa shape index (κ1) is 13.5. The van der Waals surface area contributed by atoms with Crippen LogP contribution in [0.1, 0.15) is 24.8 Å². The van der Waals surface area contributed by atoms with Gasteiger partial charge in [0.25, 0.3) is 0 Å². The highest BCUT2D eigenvalue weighted by atomic mass is 35.5. The molecule has 17 heavy (non-hydrogen) atoms. The Kier molecular flexibility index (Phi) is 4.98. The van der Waals surface area contributed by atoms with E-state index in [4.69, 9.17) is 34.8 Å². The molecule has 1 saturated carbocycles. The third-order valence-electron chi connectivity index (χ3n) is 3.27. The van der Waals surface area contributed by atoms with Crippen LogP contribution in [-0.2, 0) is 6.54 Å². The molecule has 0 spiro atoms. The van der Waals surface area contributed by atoms with Crippen molar-refractivity contribution in [3.63, 3.8) is 0 Å². The van der Waals surface area contributed by atoms with E-state index in [0.717, 1.165) is 41.5 Å². The molecule has 4 heteroatoms. The Morgan fingerprint density at radius 1 is 1.18 bits per heavy atom. The zero-order chi connectivity index (χ0) is 12.3. The molecule has 94 valence electrons. The maximum atomic E-state index is 6.10. The van der Waals surface area contributed by atoms with E-state index in [1.807, 2.05) is 18.2 Å². The summed E-state index contributed by atoms with van der Waals surface area (Å²) in [7, 11) is 0. The summed E-state index contributed by atoms with van der Waals surface area (Å²) < 4.78 is 0. The van der Waals surface area contributed by atoms with Crippen molar-refractivity contribution in [2.75, 3.05) is 6.54 Å². The third-order valence-corrected chi connectivity index (χ3v) is 4.38. The molecule has 0 radical (unpaired) electrons. The van der Waals surface area contributed by atoms with Crippen molar-refractivity contribution in [1.82, 2.24) is 5.32 Å². The summed E-state index contributed by atoms with van der Waals surface area (Å²) in [6.45, 7) is 1.72. The second-order valence-electron chi connectivity index (χ2n) is 4.61. The highest BCUT2D eigenvalue weighted by Gasteiger charge is 2.22. The molecule has 1 fully saturated rings. The van der Waals surface area contributed by atoms with E-state index in [0.29, 0.717) is 11.3 Å². The van der Waals surface area contributed by atoms with Gasteiger partial charge >= 0.3 is 0 Å². The second kappa shape index (κ2) is 6.29. The second-order valence-corrected chi connectivity index (χ2v) is 6.04. The largest absolute Gasteiger partial charge is 0.312 e. The Balaban J connectivity index is 1.82. The minimum absolute atomic E-state index is 0.366. The molecule has 1 nitrogen and oxygen atoms in total. The first-order chi connectivity index (χ1) is 8.16. The summed E-state index contributed by atoms with van der Waals surface area (Å²) in [5, 5.41) is 5.24. The number of alkyl halides is 1. The number of hydrogen-bond donors (Lipinski definition) is 1. The van der Waals surface area contributed by atoms with Gasteiger partial charge in [0.05, 0.1) is 0 Å².